The second-order valence-corrected chi connectivity index (χ2v) is 8.43. The molecule has 0 aromatic heterocycles. The Bertz CT molecular complexity index is 907. The van der Waals surface area contributed by atoms with Crippen molar-refractivity contribution >= 4 is 27.3 Å². The zero-order valence-electron chi connectivity index (χ0n) is 14.5. The van der Waals surface area contributed by atoms with E-state index in [-0.39, 0.29) is 11.7 Å². The molecule has 3 rings (SSSR count). The summed E-state index contributed by atoms with van der Waals surface area (Å²) in [7, 11) is -3.29. The Balaban J connectivity index is 1.86. The Morgan fingerprint density at radius 1 is 1.08 bits per heavy atom. The van der Waals surface area contributed by atoms with Crippen LogP contribution in [0.4, 0.5) is 11.4 Å². The number of benzene rings is 2. The maximum absolute atomic E-state index is 12.6. The lowest BCUT2D eigenvalue weighted by molar-refractivity contribution is 0.102. The number of nitrogens with zero attached hydrogens (tertiary/aromatic N) is 1. The second-order valence-electron chi connectivity index (χ2n) is 6.42. The molecule has 2 aromatic rings. The monoisotopic (exact) mass is 358 g/mol. The van der Waals surface area contributed by atoms with E-state index in [0.29, 0.717) is 24.2 Å². The van der Waals surface area contributed by atoms with Crippen molar-refractivity contribution in [2.24, 2.45) is 0 Å². The molecule has 0 atom stereocenters. The van der Waals surface area contributed by atoms with Crippen LogP contribution in [0.15, 0.2) is 42.5 Å². The van der Waals surface area contributed by atoms with Crippen LogP contribution in [-0.2, 0) is 10.0 Å². The number of carbonyl (C=O) groups is 1. The quantitative estimate of drug-likeness (QED) is 0.913. The van der Waals surface area contributed by atoms with Gasteiger partial charge in [0.15, 0.2) is 0 Å². The lowest BCUT2D eigenvalue weighted by atomic mass is 10.1. The minimum atomic E-state index is -3.29. The predicted octanol–water partition coefficient (Wildman–Crippen LogP) is 3.49. The van der Waals surface area contributed by atoms with E-state index < -0.39 is 10.0 Å². The first-order valence-corrected chi connectivity index (χ1v) is 9.97. The van der Waals surface area contributed by atoms with Crippen molar-refractivity contribution in [1.29, 1.82) is 0 Å². The number of hydrogen-bond donors (Lipinski definition) is 1. The molecule has 0 unspecified atom stereocenters. The lowest BCUT2D eigenvalue weighted by Crippen LogP contribution is -2.37. The highest BCUT2D eigenvalue weighted by Gasteiger charge is 2.26. The van der Waals surface area contributed by atoms with Crippen LogP contribution < -0.4 is 9.62 Å². The fraction of sp³-hybridized carbons (Fsp3) is 0.316. The molecule has 1 saturated heterocycles. The Morgan fingerprint density at radius 2 is 1.88 bits per heavy atom. The molecule has 1 fully saturated rings. The number of anilines is 2. The van der Waals surface area contributed by atoms with Gasteiger partial charge in [-0.15, -0.1) is 0 Å². The molecule has 0 spiro atoms. The van der Waals surface area contributed by atoms with Crippen molar-refractivity contribution in [3.05, 3.63) is 59.2 Å². The van der Waals surface area contributed by atoms with Gasteiger partial charge >= 0.3 is 0 Å². The molecule has 1 N–H and O–H groups in total. The van der Waals surface area contributed by atoms with E-state index in [9.17, 15) is 13.2 Å². The number of hydrogen-bond acceptors (Lipinski definition) is 3. The van der Waals surface area contributed by atoms with Crippen LogP contribution in [0.5, 0.6) is 0 Å². The van der Waals surface area contributed by atoms with E-state index >= 15 is 0 Å². The van der Waals surface area contributed by atoms with Crippen molar-refractivity contribution < 1.29 is 13.2 Å². The molecule has 1 heterocycles. The molecule has 6 heteroatoms. The van der Waals surface area contributed by atoms with E-state index in [1.165, 1.54) is 4.31 Å². The molecule has 132 valence electrons. The van der Waals surface area contributed by atoms with Gasteiger partial charge in [0.05, 0.1) is 11.4 Å². The molecule has 0 radical (unpaired) electrons. The minimum Gasteiger partial charge on any atom is -0.322 e. The zero-order valence-corrected chi connectivity index (χ0v) is 15.3. The Kier molecular flexibility index (Phi) is 4.81. The molecule has 0 bridgehead atoms. The van der Waals surface area contributed by atoms with Gasteiger partial charge < -0.3 is 5.32 Å². The molecule has 1 aliphatic heterocycles. The smallest absolute Gasteiger partial charge is 0.255 e. The van der Waals surface area contributed by atoms with Crippen LogP contribution in [-0.4, -0.2) is 26.6 Å². The van der Waals surface area contributed by atoms with E-state index in [1.807, 2.05) is 32.0 Å². The van der Waals surface area contributed by atoms with E-state index in [4.69, 9.17) is 0 Å². The first kappa shape index (κ1) is 17.5. The molecule has 5 nitrogen and oxygen atoms in total. The van der Waals surface area contributed by atoms with E-state index in [0.717, 1.165) is 23.2 Å². The molecule has 1 aliphatic rings. The second kappa shape index (κ2) is 6.88. The maximum atomic E-state index is 12.6. The van der Waals surface area contributed by atoms with Gasteiger partial charge in [-0.05, 0) is 62.1 Å². The number of sulfonamides is 1. The molecular formula is C19H22N2O3S. The summed E-state index contributed by atoms with van der Waals surface area (Å²) in [6.07, 6.45) is 1.52. The molecule has 0 aliphatic carbocycles. The van der Waals surface area contributed by atoms with Gasteiger partial charge in [-0.3, -0.25) is 9.10 Å². The molecule has 2 aromatic carbocycles. The third kappa shape index (κ3) is 3.85. The van der Waals surface area contributed by atoms with Crippen molar-refractivity contribution in [3.63, 3.8) is 0 Å². The average molecular weight is 358 g/mol. The highest BCUT2D eigenvalue weighted by molar-refractivity contribution is 7.92. The first-order chi connectivity index (χ1) is 11.9. The highest BCUT2D eigenvalue weighted by atomic mass is 32.2. The normalized spacial score (nSPS) is 16.5. The first-order valence-electron chi connectivity index (χ1n) is 8.36. The number of carbonyl (C=O) groups excluding carboxylic acids is 1. The summed E-state index contributed by atoms with van der Waals surface area (Å²) in [6, 6.07) is 12.7. The summed E-state index contributed by atoms with van der Waals surface area (Å²) in [5.74, 6) is -0.0868. The number of nitrogens with one attached hydrogen (secondary N) is 1. The fourth-order valence-corrected chi connectivity index (χ4v) is 4.58. The minimum absolute atomic E-state index is 0.159. The predicted molar refractivity (Wildman–Crippen MR) is 101 cm³/mol. The molecule has 1 amide bonds. The number of aryl methyl sites for hydroxylation is 2. The lowest BCUT2D eigenvalue weighted by Gasteiger charge is -2.28. The van der Waals surface area contributed by atoms with Gasteiger partial charge in [0, 0.05) is 17.8 Å². The van der Waals surface area contributed by atoms with Crippen LogP contribution in [0.3, 0.4) is 0 Å². The van der Waals surface area contributed by atoms with Crippen LogP contribution in [0.1, 0.15) is 34.3 Å². The zero-order chi connectivity index (χ0) is 18.0. The van der Waals surface area contributed by atoms with Crippen molar-refractivity contribution in [2.75, 3.05) is 21.9 Å². The topological polar surface area (TPSA) is 66.5 Å². The van der Waals surface area contributed by atoms with Crippen molar-refractivity contribution in [1.82, 2.24) is 0 Å². The summed E-state index contributed by atoms with van der Waals surface area (Å²) < 4.78 is 25.9. The highest BCUT2D eigenvalue weighted by Crippen LogP contribution is 2.25. The van der Waals surface area contributed by atoms with Gasteiger partial charge in [0.25, 0.3) is 5.91 Å². The van der Waals surface area contributed by atoms with Crippen molar-refractivity contribution in [2.45, 2.75) is 26.7 Å². The average Bonchev–Trinajstić information content (AvgIpc) is 2.58. The standard InChI is InChI=1S/C19H22N2O3S/c1-14-8-9-15(2)18(12-14)20-19(22)16-6-5-7-17(13-16)21-10-3-4-11-25(21,23)24/h5-9,12-13H,3-4,10-11H2,1-2H3,(H,20,22). The van der Waals surface area contributed by atoms with Gasteiger partial charge in [0.2, 0.25) is 10.0 Å². The van der Waals surface area contributed by atoms with Crippen molar-refractivity contribution in [3.8, 4) is 0 Å². The molecule has 25 heavy (non-hydrogen) atoms. The van der Waals surface area contributed by atoms with Gasteiger partial charge in [-0.1, -0.05) is 18.2 Å². The van der Waals surface area contributed by atoms with Crippen LogP contribution in [0.25, 0.3) is 0 Å². The Morgan fingerprint density at radius 3 is 2.64 bits per heavy atom. The summed E-state index contributed by atoms with van der Waals surface area (Å²) in [6.45, 7) is 4.37. The fourth-order valence-electron chi connectivity index (χ4n) is 2.95. The van der Waals surface area contributed by atoms with Gasteiger partial charge in [-0.2, -0.15) is 0 Å². The van der Waals surface area contributed by atoms with E-state index in [2.05, 4.69) is 5.32 Å². The van der Waals surface area contributed by atoms with Crippen LogP contribution >= 0.6 is 0 Å². The SMILES string of the molecule is Cc1ccc(C)c(NC(=O)c2cccc(N3CCCCS3(=O)=O)c2)c1. The Hall–Kier alpha value is -2.34. The third-order valence-corrected chi connectivity index (χ3v) is 6.26. The summed E-state index contributed by atoms with van der Waals surface area (Å²) >= 11 is 0. The summed E-state index contributed by atoms with van der Waals surface area (Å²) in [5.41, 5.74) is 3.80. The van der Waals surface area contributed by atoms with Crippen LogP contribution in [0, 0.1) is 13.8 Å². The maximum Gasteiger partial charge on any atom is 0.255 e. The third-order valence-electron chi connectivity index (χ3n) is 4.39. The number of rotatable bonds is 3. The Labute approximate surface area is 148 Å². The summed E-state index contributed by atoms with van der Waals surface area (Å²) in [4.78, 5) is 12.6. The van der Waals surface area contributed by atoms with Gasteiger partial charge in [0.1, 0.15) is 0 Å². The van der Waals surface area contributed by atoms with E-state index in [1.54, 1.807) is 24.3 Å². The molecular weight excluding hydrogens is 336 g/mol. The number of amides is 1. The van der Waals surface area contributed by atoms with Crippen LogP contribution in [0.2, 0.25) is 0 Å². The molecule has 0 saturated carbocycles. The van der Waals surface area contributed by atoms with Gasteiger partial charge in [-0.25, -0.2) is 8.42 Å². The largest absolute Gasteiger partial charge is 0.322 e. The summed E-state index contributed by atoms with van der Waals surface area (Å²) in [5, 5.41) is 2.91.